The summed E-state index contributed by atoms with van der Waals surface area (Å²) in [7, 11) is 0. The second-order valence-corrected chi connectivity index (χ2v) is 5.17. The molecule has 2 N–H and O–H groups in total. The topological polar surface area (TPSA) is 50.4 Å². The summed E-state index contributed by atoms with van der Waals surface area (Å²) in [5.41, 5.74) is 1.71. The third-order valence-electron chi connectivity index (χ3n) is 3.33. The number of para-hydroxylation sites is 1. The average molecular weight is 303 g/mol. The standard InChI is InChI=1S/C16H15ClN2O2/c1-2-18-15-11-8-7-10(9-13(11)19-16(15)20)21-14-6-4-3-5-12(14)17/h3-9,15,18H,2H2,1H3,(H,19,20). The number of hydrogen-bond acceptors (Lipinski definition) is 3. The van der Waals surface area contributed by atoms with Crippen molar-refractivity contribution < 1.29 is 9.53 Å². The van der Waals surface area contributed by atoms with Crippen molar-refractivity contribution in [2.75, 3.05) is 11.9 Å². The fourth-order valence-electron chi connectivity index (χ4n) is 2.37. The molecular weight excluding hydrogens is 288 g/mol. The Labute approximate surface area is 128 Å². The molecule has 5 heteroatoms. The summed E-state index contributed by atoms with van der Waals surface area (Å²) < 4.78 is 5.76. The number of hydrogen-bond donors (Lipinski definition) is 2. The Kier molecular flexibility index (Phi) is 3.82. The zero-order valence-electron chi connectivity index (χ0n) is 11.5. The minimum absolute atomic E-state index is 0.0401. The first kappa shape index (κ1) is 13.9. The summed E-state index contributed by atoms with van der Waals surface area (Å²) in [5, 5.41) is 6.56. The van der Waals surface area contributed by atoms with Gasteiger partial charge < -0.3 is 15.4 Å². The molecule has 1 unspecified atom stereocenters. The number of nitrogens with one attached hydrogen (secondary N) is 2. The Hall–Kier alpha value is -2.04. The Morgan fingerprint density at radius 1 is 1.29 bits per heavy atom. The molecular formula is C16H15ClN2O2. The van der Waals surface area contributed by atoms with Crippen LogP contribution in [0.4, 0.5) is 5.69 Å². The van der Waals surface area contributed by atoms with E-state index in [4.69, 9.17) is 16.3 Å². The van der Waals surface area contributed by atoms with Gasteiger partial charge in [0, 0.05) is 17.3 Å². The first-order valence-electron chi connectivity index (χ1n) is 6.79. The SMILES string of the molecule is CCNC1C(=O)Nc2cc(Oc3ccccc3Cl)ccc21. The molecule has 0 radical (unpaired) electrons. The molecule has 1 amide bonds. The molecule has 0 aromatic heterocycles. The minimum Gasteiger partial charge on any atom is -0.456 e. The number of fused-ring (bicyclic) bond motifs is 1. The fraction of sp³-hybridized carbons (Fsp3) is 0.188. The maximum atomic E-state index is 11.9. The number of ether oxygens (including phenoxy) is 1. The van der Waals surface area contributed by atoms with E-state index in [0.29, 0.717) is 16.5 Å². The van der Waals surface area contributed by atoms with Crippen molar-refractivity contribution in [3.05, 3.63) is 53.1 Å². The third kappa shape index (κ3) is 2.73. The highest BCUT2D eigenvalue weighted by Gasteiger charge is 2.29. The van der Waals surface area contributed by atoms with Gasteiger partial charge >= 0.3 is 0 Å². The summed E-state index contributed by atoms with van der Waals surface area (Å²) in [5.74, 6) is 1.19. The van der Waals surface area contributed by atoms with Crippen LogP contribution >= 0.6 is 11.6 Å². The smallest absolute Gasteiger partial charge is 0.246 e. The third-order valence-corrected chi connectivity index (χ3v) is 3.64. The van der Waals surface area contributed by atoms with Crippen LogP contribution in [0.1, 0.15) is 18.5 Å². The van der Waals surface area contributed by atoms with Crippen molar-refractivity contribution in [1.82, 2.24) is 5.32 Å². The van der Waals surface area contributed by atoms with Gasteiger partial charge in [-0.15, -0.1) is 0 Å². The van der Waals surface area contributed by atoms with Crippen LogP contribution in [0, 0.1) is 0 Å². The molecule has 21 heavy (non-hydrogen) atoms. The van der Waals surface area contributed by atoms with Gasteiger partial charge in [0.1, 0.15) is 17.5 Å². The van der Waals surface area contributed by atoms with Gasteiger partial charge in [-0.2, -0.15) is 0 Å². The lowest BCUT2D eigenvalue weighted by Gasteiger charge is -2.11. The number of carbonyl (C=O) groups is 1. The Bertz CT molecular complexity index is 688. The van der Waals surface area contributed by atoms with Crippen LogP contribution in [0.3, 0.4) is 0 Å². The normalized spacial score (nSPS) is 16.5. The van der Waals surface area contributed by atoms with Crippen LogP contribution < -0.4 is 15.4 Å². The molecule has 2 aromatic rings. The Balaban J connectivity index is 1.86. The van der Waals surface area contributed by atoms with Gasteiger partial charge in [0.25, 0.3) is 0 Å². The number of likely N-dealkylation sites (N-methyl/N-ethyl adjacent to an activating group) is 1. The number of amides is 1. The molecule has 0 aliphatic carbocycles. The first-order chi connectivity index (χ1) is 10.2. The molecule has 1 atom stereocenters. The molecule has 0 saturated carbocycles. The van der Waals surface area contributed by atoms with E-state index in [1.54, 1.807) is 12.1 Å². The van der Waals surface area contributed by atoms with Crippen molar-refractivity contribution in [3.63, 3.8) is 0 Å². The lowest BCUT2D eigenvalue weighted by molar-refractivity contribution is -0.117. The molecule has 1 heterocycles. The second kappa shape index (κ2) is 5.76. The van der Waals surface area contributed by atoms with Crippen LogP contribution in [0.5, 0.6) is 11.5 Å². The van der Waals surface area contributed by atoms with E-state index in [1.807, 2.05) is 37.3 Å². The maximum absolute atomic E-state index is 11.9. The molecule has 0 spiro atoms. The molecule has 1 aliphatic rings. The fourth-order valence-corrected chi connectivity index (χ4v) is 2.54. The molecule has 2 aromatic carbocycles. The van der Waals surface area contributed by atoms with Crippen LogP contribution in [0.2, 0.25) is 5.02 Å². The van der Waals surface area contributed by atoms with E-state index >= 15 is 0 Å². The van der Waals surface area contributed by atoms with Crippen molar-refractivity contribution in [2.24, 2.45) is 0 Å². The van der Waals surface area contributed by atoms with E-state index < -0.39 is 0 Å². The quantitative estimate of drug-likeness (QED) is 0.904. The van der Waals surface area contributed by atoms with Crippen molar-refractivity contribution in [2.45, 2.75) is 13.0 Å². The van der Waals surface area contributed by atoms with Crippen LogP contribution in [0.25, 0.3) is 0 Å². The molecule has 1 aliphatic heterocycles. The van der Waals surface area contributed by atoms with Crippen LogP contribution in [-0.4, -0.2) is 12.5 Å². The first-order valence-corrected chi connectivity index (χ1v) is 7.17. The zero-order chi connectivity index (χ0) is 14.8. The summed E-state index contributed by atoms with van der Waals surface area (Å²) in [6, 6.07) is 12.5. The second-order valence-electron chi connectivity index (χ2n) is 4.76. The van der Waals surface area contributed by atoms with E-state index in [9.17, 15) is 4.79 Å². The van der Waals surface area contributed by atoms with E-state index in [-0.39, 0.29) is 11.9 Å². The predicted octanol–water partition coefficient (Wildman–Crippen LogP) is 3.74. The van der Waals surface area contributed by atoms with Crippen molar-refractivity contribution in [1.29, 1.82) is 0 Å². The molecule has 108 valence electrons. The molecule has 3 rings (SSSR count). The Morgan fingerprint density at radius 2 is 2.10 bits per heavy atom. The summed E-state index contributed by atoms with van der Waals surface area (Å²) in [6.07, 6.45) is 0. The van der Waals surface area contributed by atoms with Crippen molar-refractivity contribution in [3.8, 4) is 11.5 Å². The molecule has 0 bridgehead atoms. The Morgan fingerprint density at radius 3 is 2.86 bits per heavy atom. The summed E-state index contributed by atoms with van der Waals surface area (Å²) >= 11 is 6.07. The van der Waals surface area contributed by atoms with E-state index in [2.05, 4.69) is 10.6 Å². The monoisotopic (exact) mass is 302 g/mol. The number of benzene rings is 2. The van der Waals surface area contributed by atoms with Crippen LogP contribution in [-0.2, 0) is 4.79 Å². The highest BCUT2D eigenvalue weighted by molar-refractivity contribution is 6.32. The average Bonchev–Trinajstić information content (AvgIpc) is 2.78. The zero-order valence-corrected chi connectivity index (χ0v) is 12.3. The van der Waals surface area contributed by atoms with Gasteiger partial charge in [-0.05, 0) is 24.7 Å². The van der Waals surface area contributed by atoms with E-state index in [0.717, 1.165) is 17.8 Å². The van der Waals surface area contributed by atoms with Gasteiger partial charge in [-0.3, -0.25) is 4.79 Å². The van der Waals surface area contributed by atoms with Gasteiger partial charge in [-0.25, -0.2) is 0 Å². The summed E-state index contributed by atoms with van der Waals surface area (Å²) in [4.78, 5) is 11.9. The van der Waals surface area contributed by atoms with Crippen LogP contribution in [0.15, 0.2) is 42.5 Å². The van der Waals surface area contributed by atoms with Gasteiger partial charge in [0.2, 0.25) is 5.91 Å². The molecule has 0 saturated heterocycles. The minimum atomic E-state index is -0.292. The number of rotatable bonds is 4. The highest BCUT2D eigenvalue weighted by atomic mass is 35.5. The summed E-state index contributed by atoms with van der Waals surface area (Å²) in [6.45, 7) is 2.70. The number of halogens is 1. The largest absolute Gasteiger partial charge is 0.456 e. The predicted molar refractivity (Wildman–Crippen MR) is 83.0 cm³/mol. The lowest BCUT2D eigenvalue weighted by atomic mass is 10.1. The lowest BCUT2D eigenvalue weighted by Crippen LogP contribution is -2.27. The highest BCUT2D eigenvalue weighted by Crippen LogP contribution is 2.36. The van der Waals surface area contributed by atoms with Gasteiger partial charge in [0.05, 0.1) is 5.02 Å². The van der Waals surface area contributed by atoms with Gasteiger partial charge in [0.15, 0.2) is 0 Å². The number of carbonyl (C=O) groups excluding carboxylic acids is 1. The maximum Gasteiger partial charge on any atom is 0.246 e. The van der Waals surface area contributed by atoms with Gasteiger partial charge in [-0.1, -0.05) is 36.7 Å². The van der Waals surface area contributed by atoms with E-state index in [1.165, 1.54) is 0 Å². The van der Waals surface area contributed by atoms with Crippen molar-refractivity contribution >= 4 is 23.2 Å². The number of anilines is 1. The molecule has 4 nitrogen and oxygen atoms in total. The molecule has 0 fully saturated rings.